The van der Waals surface area contributed by atoms with Gasteiger partial charge in [-0.05, 0) is 63.5 Å². The number of hydrogen-bond donors (Lipinski definition) is 0. The van der Waals surface area contributed by atoms with E-state index in [-0.39, 0.29) is 59.2 Å². The minimum atomic E-state index is -0.337. The highest BCUT2D eigenvalue weighted by Crippen LogP contribution is 2.22. The van der Waals surface area contributed by atoms with E-state index in [1.54, 1.807) is 38.1 Å². The van der Waals surface area contributed by atoms with Gasteiger partial charge in [0.25, 0.3) is 0 Å². The van der Waals surface area contributed by atoms with E-state index in [1.807, 2.05) is 44.2 Å². The van der Waals surface area contributed by atoms with Gasteiger partial charge >= 0.3 is 0 Å². The second-order valence-corrected chi connectivity index (χ2v) is 13.6. The van der Waals surface area contributed by atoms with Gasteiger partial charge in [-0.3, -0.25) is 0 Å². The van der Waals surface area contributed by atoms with Crippen molar-refractivity contribution in [3.63, 3.8) is 0 Å². The molecule has 0 N–H and O–H groups in total. The predicted octanol–water partition coefficient (Wildman–Crippen LogP) is 14.6. The van der Waals surface area contributed by atoms with Crippen molar-refractivity contribution in [2.75, 3.05) is 0 Å². The zero-order valence-corrected chi connectivity index (χ0v) is 32.2. The van der Waals surface area contributed by atoms with Crippen molar-refractivity contribution in [2.45, 2.75) is 93.9 Å². The molecule has 0 amide bonds. The summed E-state index contributed by atoms with van der Waals surface area (Å²) < 4.78 is 95.0. The third-order valence-electron chi connectivity index (χ3n) is 6.70. The van der Waals surface area contributed by atoms with Crippen LogP contribution in [0, 0.1) is 41.5 Å². The van der Waals surface area contributed by atoms with E-state index in [0.29, 0.717) is 41.3 Å². The Morgan fingerprint density at radius 3 is 1.10 bits per heavy atom. The largest absolute Gasteiger partial charge is 0.0626 e. The Kier molecular flexibility index (Phi) is 12.4. The summed E-state index contributed by atoms with van der Waals surface area (Å²) in [5.74, 6) is 0. The highest BCUT2D eigenvalue weighted by Gasteiger charge is 2.12. The third-order valence-corrected chi connectivity index (χ3v) is 6.70. The van der Waals surface area contributed by atoms with Crippen molar-refractivity contribution in [1.29, 1.82) is 0 Å². The molecule has 0 aliphatic rings. The molecule has 0 saturated carbocycles. The predicted molar refractivity (Wildman–Crippen MR) is 224 cm³/mol. The number of aryl methyl sites for hydroxylation is 2. The summed E-state index contributed by atoms with van der Waals surface area (Å²) in [7, 11) is 0. The summed E-state index contributed by atoms with van der Waals surface area (Å²) >= 11 is 0. The normalized spacial score (nSPS) is 13.6. The van der Waals surface area contributed by atoms with Crippen LogP contribution < -0.4 is 0 Å². The van der Waals surface area contributed by atoms with E-state index in [2.05, 4.69) is 72.7 Å². The first-order chi connectivity index (χ1) is 28.9. The summed E-state index contributed by atoms with van der Waals surface area (Å²) in [6.07, 6.45) is 0. The molecule has 0 unspecified atom stereocenters. The lowest BCUT2D eigenvalue weighted by Crippen LogP contribution is -2.10. The van der Waals surface area contributed by atoms with E-state index < -0.39 is 0 Å². The smallest absolute Gasteiger partial charge is 0.0622 e. The van der Waals surface area contributed by atoms with Gasteiger partial charge < -0.3 is 0 Å². The van der Waals surface area contributed by atoms with E-state index in [4.69, 9.17) is 17.8 Å². The molecule has 0 fully saturated rings. The molecule has 6 aromatic rings. The Balaban J connectivity index is 0.000000380. The first-order valence-electron chi connectivity index (χ1n) is 23.2. The van der Waals surface area contributed by atoms with E-state index in [0.717, 1.165) is 22.3 Å². The minimum Gasteiger partial charge on any atom is -0.0622 e. The van der Waals surface area contributed by atoms with Gasteiger partial charge in [0.15, 0.2) is 0 Å². The maximum atomic E-state index is 7.66. The van der Waals surface area contributed by atoms with Crippen LogP contribution in [0.25, 0.3) is 0 Å². The van der Waals surface area contributed by atoms with Crippen LogP contribution >= 0.6 is 0 Å². The highest BCUT2D eigenvalue weighted by molar-refractivity contribution is 5.27. The zero-order valence-electron chi connectivity index (χ0n) is 45.2. The molecular formula is C50H64. The fraction of sp³-hybridized carbons (Fsp3) is 0.280. The molecule has 0 heteroatoms. The molecule has 0 nitrogen and oxygen atoms in total. The topological polar surface area (TPSA) is 0 Å². The van der Waals surface area contributed by atoms with Crippen LogP contribution in [-0.2, 0) is 10.8 Å². The SMILES string of the molecule is Cc1ccc(C(C)(C)C)cc1.[2H]c1c([2H])c([2H])c(C)c([2H])c1[2H].[2H]c1cc(C(C)(C)C)cc([2H])c1C.[2H]c1cc([2H])c(C)c([2H])c1.[2H]c1cccc([2H])c1C.[2H]c1ccccc1C. The van der Waals surface area contributed by atoms with E-state index in [9.17, 15) is 0 Å². The Morgan fingerprint density at radius 1 is 0.300 bits per heavy atom. The van der Waals surface area contributed by atoms with Crippen molar-refractivity contribution in [1.82, 2.24) is 0 Å². The van der Waals surface area contributed by atoms with Crippen molar-refractivity contribution in [3.05, 3.63) is 214 Å². The first-order valence-corrected chi connectivity index (χ1v) is 16.7. The van der Waals surface area contributed by atoms with Gasteiger partial charge in [0.1, 0.15) is 0 Å². The molecule has 0 aromatic heterocycles. The fourth-order valence-electron chi connectivity index (χ4n) is 3.56. The molecule has 50 heavy (non-hydrogen) atoms. The molecule has 0 saturated heterocycles. The zero-order chi connectivity index (χ0) is 48.7. The quantitative estimate of drug-likeness (QED) is 0.150. The molecule has 0 heterocycles. The molecule has 0 aliphatic heterocycles. The van der Waals surface area contributed by atoms with Gasteiger partial charge in [-0.15, -0.1) is 0 Å². The molecule has 0 atom stereocenters. The van der Waals surface area contributed by atoms with Gasteiger partial charge in [-0.25, -0.2) is 0 Å². The van der Waals surface area contributed by atoms with Crippen molar-refractivity contribution in [2.24, 2.45) is 0 Å². The molecule has 0 radical (unpaired) electrons. The van der Waals surface area contributed by atoms with Crippen LogP contribution in [0.15, 0.2) is 170 Å². The lowest BCUT2D eigenvalue weighted by molar-refractivity contribution is 0.590. The molecule has 6 aromatic carbocycles. The summed E-state index contributed by atoms with van der Waals surface area (Å²) in [4.78, 5) is 0. The maximum absolute atomic E-state index is 7.66. The van der Waals surface area contributed by atoms with Gasteiger partial charge in [-0.1, -0.05) is 244 Å². The molecule has 264 valence electrons. The lowest BCUT2D eigenvalue weighted by atomic mass is 9.87. The standard InChI is InChI=1S/2C11H16.4C7H8/c2*1-9-5-7-10(8-6-9)11(2,3)4;4*1-7-5-3-2-4-6-7/h2*5-8H,1-4H3;4*2-6H,1H3/i5D,6D;;2D,3D,4D,5D,6D;2D,5D,6D;5D,6D;5D. The van der Waals surface area contributed by atoms with Gasteiger partial charge in [-0.2, -0.15) is 0 Å². The average Bonchev–Trinajstić information content (AvgIpc) is 3.20. The molecule has 6 rings (SSSR count). The van der Waals surface area contributed by atoms with Crippen LogP contribution in [0.3, 0.4) is 0 Å². The van der Waals surface area contributed by atoms with E-state index >= 15 is 0 Å². The average molecular weight is 678 g/mol. The highest BCUT2D eigenvalue weighted by atomic mass is 14.2. The second-order valence-electron chi connectivity index (χ2n) is 13.6. The minimum absolute atomic E-state index is 0.0271. The summed E-state index contributed by atoms with van der Waals surface area (Å²) in [5, 5.41) is 0. The van der Waals surface area contributed by atoms with Gasteiger partial charge in [0.05, 0.1) is 17.8 Å². The summed E-state index contributed by atoms with van der Waals surface area (Å²) in [6, 6.07) is 30.1. The van der Waals surface area contributed by atoms with Crippen LogP contribution in [0.4, 0.5) is 0 Å². The molecule has 0 aliphatic carbocycles. The monoisotopic (exact) mass is 678 g/mol. The Hall–Kier alpha value is -4.68. The van der Waals surface area contributed by atoms with Crippen LogP contribution in [0.2, 0.25) is 0 Å². The van der Waals surface area contributed by atoms with Gasteiger partial charge in [0, 0.05) is 0 Å². The fourth-order valence-corrected chi connectivity index (χ4v) is 3.56. The lowest BCUT2D eigenvalue weighted by Gasteiger charge is -2.18. The van der Waals surface area contributed by atoms with Crippen LogP contribution in [0.5, 0.6) is 0 Å². The van der Waals surface area contributed by atoms with Crippen LogP contribution in [0.1, 0.15) is 104 Å². The summed E-state index contributed by atoms with van der Waals surface area (Å²) in [5.41, 5.74) is 7.58. The molecule has 0 bridgehead atoms. The van der Waals surface area contributed by atoms with Crippen molar-refractivity contribution in [3.8, 4) is 0 Å². The van der Waals surface area contributed by atoms with Crippen molar-refractivity contribution < 1.29 is 17.8 Å². The van der Waals surface area contributed by atoms with Crippen molar-refractivity contribution >= 4 is 0 Å². The molecule has 0 spiro atoms. The Bertz CT molecular complexity index is 2210. The Morgan fingerprint density at radius 2 is 0.680 bits per heavy atom. The first kappa shape index (κ1) is 26.2. The van der Waals surface area contributed by atoms with Gasteiger partial charge in [0.2, 0.25) is 0 Å². The molecular weight excluding hydrogens is 601 g/mol. The summed E-state index contributed by atoms with van der Waals surface area (Å²) in [6.45, 7) is 23.9. The number of hydrogen-bond acceptors (Lipinski definition) is 0. The van der Waals surface area contributed by atoms with E-state index in [1.165, 1.54) is 30.2 Å². The maximum Gasteiger partial charge on any atom is 0.0626 e. The number of rotatable bonds is 0. The Labute approximate surface area is 325 Å². The third kappa shape index (κ3) is 22.0. The van der Waals surface area contributed by atoms with Crippen LogP contribution in [-0.4, -0.2) is 0 Å². The second kappa shape index (κ2) is 23.6. The number of benzene rings is 6.